The maximum absolute atomic E-state index is 11.6. The number of hydrogen-bond acceptors (Lipinski definition) is 4. The molecule has 0 fully saturated rings. The Morgan fingerprint density at radius 2 is 2.24 bits per heavy atom. The Hall–Kier alpha value is -2.06. The minimum absolute atomic E-state index is 0.296. The molecule has 5 nitrogen and oxygen atoms in total. The van der Waals surface area contributed by atoms with Gasteiger partial charge in [-0.1, -0.05) is 6.07 Å². The fourth-order valence-electron chi connectivity index (χ4n) is 1.24. The van der Waals surface area contributed by atoms with Crippen molar-refractivity contribution in [1.82, 2.24) is 5.06 Å². The van der Waals surface area contributed by atoms with E-state index >= 15 is 0 Å². The van der Waals surface area contributed by atoms with E-state index in [9.17, 15) is 4.79 Å². The Morgan fingerprint density at radius 1 is 1.53 bits per heavy atom. The Morgan fingerprint density at radius 3 is 2.82 bits per heavy atom. The van der Waals surface area contributed by atoms with Crippen LogP contribution in [0, 0.1) is 11.3 Å². The zero-order valence-corrected chi connectivity index (χ0v) is 10.0. The summed E-state index contributed by atoms with van der Waals surface area (Å²) < 4.78 is 5.42. The van der Waals surface area contributed by atoms with Gasteiger partial charge in [0.2, 0.25) is 0 Å². The maximum Gasteiger partial charge on any atom is 0.286 e. The lowest BCUT2D eigenvalue weighted by atomic mass is 10.2. The van der Waals surface area contributed by atoms with E-state index in [1.807, 2.05) is 6.07 Å². The van der Waals surface area contributed by atoms with Crippen molar-refractivity contribution in [2.45, 2.75) is 13.0 Å². The number of hydroxylamine groups is 2. The summed E-state index contributed by atoms with van der Waals surface area (Å²) in [5.74, 6) is 0.185. The van der Waals surface area contributed by atoms with Gasteiger partial charge in [-0.25, -0.2) is 5.06 Å². The van der Waals surface area contributed by atoms with Gasteiger partial charge in [0.05, 0.1) is 18.7 Å². The summed E-state index contributed by atoms with van der Waals surface area (Å²) in [6.45, 7) is 1.62. The van der Waals surface area contributed by atoms with Gasteiger partial charge in [-0.05, 0) is 25.1 Å². The first kappa shape index (κ1) is 13.0. The van der Waals surface area contributed by atoms with E-state index in [4.69, 9.17) is 14.8 Å². The molecule has 0 N–H and O–H groups in total. The van der Waals surface area contributed by atoms with Gasteiger partial charge in [-0.15, -0.1) is 0 Å². The number of benzene rings is 1. The van der Waals surface area contributed by atoms with E-state index in [0.29, 0.717) is 11.3 Å². The highest BCUT2D eigenvalue weighted by molar-refractivity contribution is 5.79. The van der Waals surface area contributed by atoms with E-state index in [2.05, 4.69) is 0 Å². The smallest absolute Gasteiger partial charge is 0.286 e. The van der Waals surface area contributed by atoms with E-state index < -0.39 is 6.10 Å². The molecule has 17 heavy (non-hydrogen) atoms. The minimum Gasteiger partial charge on any atom is -0.481 e. The quantitative estimate of drug-likeness (QED) is 0.738. The van der Waals surface area contributed by atoms with Crippen molar-refractivity contribution < 1.29 is 14.4 Å². The molecular weight excluding hydrogens is 220 g/mol. The van der Waals surface area contributed by atoms with Gasteiger partial charge in [0.1, 0.15) is 5.75 Å². The van der Waals surface area contributed by atoms with Crippen LogP contribution in [-0.2, 0) is 9.63 Å². The minimum atomic E-state index is -0.672. The second kappa shape index (κ2) is 5.87. The van der Waals surface area contributed by atoms with Gasteiger partial charge < -0.3 is 4.74 Å². The van der Waals surface area contributed by atoms with E-state index in [-0.39, 0.29) is 5.91 Å². The Balaban J connectivity index is 2.71. The molecule has 0 aliphatic carbocycles. The van der Waals surface area contributed by atoms with Gasteiger partial charge in [0, 0.05) is 7.05 Å². The van der Waals surface area contributed by atoms with Gasteiger partial charge in [-0.2, -0.15) is 5.26 Å². The summed E-state index contributed by atoms with van der Waals surface area (Å²) in [5.41, 5.74) is 0.488. The molecule has 0 heterocycles. The molecule has 0 radical (unpaired) electrons. The molecule has 0 aliphatic rings. The third-order valence-electron chi connectivity index (χ3n) is 2.21. The van der Waals surface area contributed by atoms with Crippen LogP contribution in [0.3, 0.4) is 0 Å². The molecule has 0 spiro atoms. The SMILES string of the molecule is CON(C)C(=O)[C@@H](C)Oc1cccc(C#N)c1. The Labute approximate surface area is 100 Å². The monoisotopic (exact) mass is 234 g/mol. The van der Waals surface area contributed by atoms with E-state index in [1.54, 1.807) is 31.2 Å². The molecule has 1 aromatic rings. The molecule has 1 aromatic carbocycles. The van der Waals surface area contributed by atoms with Crippen LogP contribution in [0.5, 0.6) is 5.75 Å². The highest BCUT2D eigenvalue weighted by Gasteiger charge is 2.19. The number of carbonyl (C=O) groups excluding carboxylic acids is 1. The number of carbonyl (C=O) groups is 1. The molecule has 0 saturated heterocycles. The molecule has 1 amide bonds. The highest BCUT2D eigenvalue weighted by atomic mass is 16.7. The second-order valence-corrected chi connectivity index (χ2v) is 3.42. The molecule has 0 saturated carbocycles. The third-order valence-corrected chi connectivity index (χ3v) is 2.21. The normalized spacial score (nSPS) is 11.4. The number of nitriles is 1. The number of nitrogens with zero attached hydrogens (tertiary/aromatic N) is 2. The Kier molecular flexibility index (Phi) is 4.49. The lowest BCUT2D eigenvalue weighted by molar-refractivity contribution is -0.175. The van der Waals surface area contributed by atoms with Gasteiger partial charge in [0.25, 0.3) is 5.91 Å². The van der Waals surface area contributed by atoms with Gasteiger partial charge in [0.15, 0.2) is 6.10 Å². The van der Waals surface area contributed by atoms with Gasteiger partial charge >= 0.3 is 0 Å². The maximum atomic E-state index is 11.6. The van der Waals surface area contributed by atoms with E-state index in [1.165, 1.54) is 14.2 Å². The third kappa shape index (κ3) is 3.47. The first-order valence-corrected chi connectivity index (χ1v) is 5.07. The van der Waals surface area contributed by atoms with Crippen LogP contribution >= 0.6 is 0 Å². The average Bonchev–Trinajstić information content (AvgIpc) is 2.37. The molecule has 0 unspecified atom stereocenters. The summed E-state index contributed by atoms with van der Waals surface area (Å²) in [4.78, 5) is 16.4. The zero-order chi connectivity index (χ0) is 12.8. The number of likely N-dealkylation sites (N-methyl/N-ethyl adjacent to an activating group) is 1. The largest absolute Gasteiger partial charge is 0.481 e. The molecule has 5 heteroatoms. The molecule has 0 aliphatic heterocycles. The lowest BCUT2D eigenvalue weighted by Gasteiger charge is -2.19. The zero-order valence-electron chi connectivity index (χ0n) is 10.0. The van der Waals surface area contributed by atoms with Gasteiger partial charge in [-0.3, -0.25) is 9.63 Å². The number of amides is 1. The number of ether oxygens (including phenoxy) is 1. The lowest BCUT2D eigenvalue weighted by Crippen LogP contribution is -2.37. The molecule has 0 bridgehead atoms. The topological polar surface area (TPSA) is 62.6 Å². The van der Waals surface area contributed by atoms with Crippen LogP contribution < -0.4 is 4.74 Å². The standard InChI is InChI=1S/C12H14N2O3/c1-9(12(15)14(2)16-3)17-11-6-4-5-10(7-11)8-13/h4-7,9H,1-3H3/t9-/m1/s1. The first-order valence-electron chi connectivity index (χ1n) is 5.07. The predicted molar refractivity (Wildman–Crippen MR) is 61.0 cm³/mol. The van der Waals surface area contributed by atoms with Crippen molar-refractivity contribution >= 4 is 5.91 Å². The van der Waals surface area contributed by atoms with Crippen molar-refractivity contribution in [2.24, 2.45) is 0 Å². The fourth-order valence-corrected chi connectivity index (χ4v) is 1.24. The molecule has 1 rings (SSSR count). The van der Waals surface area contributed by atoms with Crippen LogP contribution in [0.25, 0.3) is 0 Å². The fraction of sp³-hybridized carbons (Fsp3) is 0.333. The van der Waals surface area contributed by atoms with Crippen LogP contribution in [0.15, 0.2) is 24.3 Å². The number of hydrogen-bond donors (Lipinski definition) is 0. The van der Waals surface area contributed by atoms with Crippen LogP contribution in [0.2, 0.25) is 0 Å². The molecule has 0 aromatic heterocycles. The predicted octanol–water partition coefficient (Wildman–Crippen LogP) is 1.35. The number of rotatable bonds is 4. The van der Waals surface area contributed by atoms with Crippen molar-refractivity contribution in [3.8, 4) is 11.8 Å². The summed E-state index contributed by atoms with van der Waals surface area (Å²) >= 11 is 0. The van der Waals surface area contributed by atoms with Crippen molar-refractivity contribution in [3.05, 3.63) is 29.8 Å². The second-order valence-electron chi connectivity index (χ2n) is 3.42. The van der Waals surface area contributed by atoms with Crippen molar-refractivity contribution in [2.75, 3.05) is 14.2 Å². The highest BCUT2D eigenvalue weighted by Crippen LogP contribution is 2.14. The summed E-state index contributed by atoms with van der Waals surface area (Å²) in [7, 11) is 2.91. The van der Waals surface area contributed by atoms with Crippen molar-refractivity contribution in [3.63, 3.8) is 0 Å². The first-order chi connectivity index (χ1) is 8.08. The summed E-state index contributed by atoms with van der Waals surface area (Å²) in [6.07, 6.45) is -0.672. The van der Waals surface area contributed by atoms with Crippen molar-refractivity contribution in [1.29, 1.82) is 5.26 Å². The summed E-state index contributed by atoms with van der Waals surface area (Å²) in [6, 6.07) is 8.64. The Bertz CT molecular complexity index is 440. The van der Waals surface area contributed by atoms with Crippen LogP contribution in [0.4, 0.5) is 0 Å². The summed E-state index contributed by atoms with van der Waals surface area (Å²) in [5, 5.41) is 9.83. The van der Waals surface area contributed by atoms with E-state index in [0.717, 1.165) is 5.06 Å². The average molecular weight is 234 g/mol. The molecule has 1 atom stereocenters. The molecular formula is C12H14N2O3. The molecule has 90 valence electrons. The van der Waals surface area contributed by atoms with Crippen LogP contribution in [-0.4, -0.2) is 31.2 Å². The van der Waals surface area contributed by atoms with Crippen LogP contribution in [0.1, 0.15) is 12.5 Å².